The molecule has 2 fully saturated rings. The smallest absolute Gasteiger partial charge is 0.414 e. The highest BCUT2D eigenvalue weighted by atomic mass is 19.1. The van der Waals surface area contributed by atoms with Crippen molar-refractivity contribution < 1.29 is 32.7 Å². The first-order valence-electron chi connectivity index (χ1n) is 11.8. The standard InChI is InChI=1S/C23H33F2N5O5/c1-4-28(9-10-30(34-3)22(32)16-5-7-26-8-6-16)21-19(24)11-17(12-20(21)25)29-14-18(35-23(29)33)13-27-15(2)31/h11-12,16,18,26H,4-10,13-14H2,1-3H3,(H,27,31)/t18-/m0/s1. The van der Waals surface area contributed by atoms with E-state index in [9.17, 15) is 14.4 Å². The molecule has 0 saturated carbocycles. The average Bonchev–Trinajstić information content (AvgIpc) is 3.22. The summed E-state index contributed by atoms with van der Waals surface area (Å²) in [4.78, 5) is 43.9. The second-order valence-corrected chi connectivity index (χ2v) is 8.54. The van der Waals surface area contributed by atoms with E-state index in [1.807, 2.05) is 0 Å². The predicted molar refractivity (Wildman–Crippen MR) is 125 cm³/mol. The molecule has 0 aromatic heterocycles. The normalized spacial score (nSPS) is 18.4. The predicted octanol–water partition coefficient (Wildman–Crippen LogP) is 1.64. The number of likely N-dealkylation sites (N-methyl/N-ethyl adjacent to an activating group) is 1. The Morgan fingerprint density at radius 1 is 1.23 bits per heavy atom. The molecule has 2 N–H and O–H groups in total. The van der Waals surface area contributed by atoms with Gasteiger partial charge in [-0.3, -0.25) is 19.3 Å². The summed E-state index contributed by atoms with van der Waals surface area (Å²) in [6.07, 6.45) is 0.0602. The summed E-state index contributed by atoms with van der Waals surface area (Å²) in [6.45, 7) is 5.35. The van der Waals surface area contributed by atoms with Gasteiger partial charge in [0.1, 0.15) is 11.8 Å². The fourth-order valence-electron chi connectivity index (χ4n) is 4.31. The van der Waals surface area contributed by atoms with E-state index in [-0.39, 0.29) is 61.8 Å². The molecule has 35 heavy (non-hydrogen) atoms. The number of hydrogen-bond acceptors (Lipinski definition) is 7. The van der Waals surface area contributed by atoms with E-state index < -0.39 is 23.8 Å². The number of ether oxygens (including phenoxy) is 1. The van der Waals surface area contributed by atoms with Crippen LogP contribution in [-0.2, 0) is 19.2 Å². The number of hydrogen-bond donors (Lipinski definition) is 2. The zero-order chi connectivity index (χ0) is 25.5. The SMILES string of the molecule is CCN(CCN(OC)C(=O)C1CCNCC1)c1c(F)cc(N2C[C@H](CNC(C)=O)OC2=O)cc1F. The van der Waals surface area contributed by atoms with Gasteiger partial charge in [0, 0.05) is 38.1 Å². The Morgan fingerprint density at radius 2 is 1.89 bits per heavy atom. The second kappa shape index (κ2) is 12.1. The summed E-state index contributed by atoms with van der Waals surface area (Å²) in [5.74, 6) is -2.23. The summed E-state index contributed by atoms with van der Waals surface area (Å²) >= 11 is 0. The van der Waals surface area contributed by atoms with Crippen molar-refractivity contribution >= 4 is 29.3 Å². The van der Waals surface area contributed by atoms with Gasteiger partial charge in [-0.15, -0.1) is 0 Å². The number of carbonyl (C=O) groups excluding carboxylic acids is 3. The third kappa shape index (κ3) is 6.57. The summed E-state index contributed by atoms with van der Waals surface area (Å²) in [7, 11) is 1.40. The van der Waals surface area contributed by atoms with Crippen LogP contribution in [0.3, 0.4) is 0 Å². The maximum absolute atomic E-state index is 15.1. The largest absolute Gasteiger partial charge is 0.442 e. The summed E-state index contributed by atoms with van der Waals surface area (Å²) < 4.78 is 35.4. The number of hydroxylamine groups is 2. The summed E-state index contributed by atoms with van der Waals surface area (Å²) in [5.41, 5.74) is -0.223. The third-order valence-corrected chi connectivity index (χ3v) is 6.19. The monoisotopic (exact) mass is 497 g/mol. The van der Waals surface area contributed by atoms with Crippen LogP contribution < -0.4 is 20.4 Å². The molecule has 2 aliphatic rings. The lowest BCUT2D eigenvalue weighted by atomic mass is 9.97. The number of anilines is 2. The van der Waals surface area contributed by atoms with Gasteiger partial charge in [0.05, 0.1) is 32.4 Å². The van der Waals surface area contributed by atoms with Crippen LogP contribution in [-0.4, -0.2) is 82.0 Å². The van der Waals surface area contributed by atoms with Gasteiger partial charge in [-0.1, -0.05) is 0 Å². The van der Waals surface area contributed by atoms with E-state index in [1.54, 1.807) is 6.92 Å². The topological polar surface area (TPSA) is 103 Å². The first kappa shape index (κ1) is 26.6. The van der Waals surface area contributed by atoms with Gasteiger partial charge in [0.15, 0.2) is 11.6 Å². The molecule has 0 radical (unpaired) electrons. The maximum Gasteiger partial charge on any atom is 0.414 e. The number of piperidine rings is 1. The molecule has 2 aliphatic heterocycles. The molecule has 0 spiro atoms. The van der Waals surface area contributed by atoms with Crippen LogP contribution in [0.5, 0.6) is 0 Å². The Kier molecular flexibility index (Phi) is 9.21. The number of amides is 3. The molecule has 1 aromatic carbocycles. The van der Waals surface area contributed by atoms with Crippen LogP contribution in [0.2, 0.25) is 0 Å². The number of nitrogens with one attached hydrogen (secondary N) is 2. The molecular weight excluding hydrogens is 464 g/mol. The Hall–Kier alpha value is -2.99. The van der Waals surface area contributed by atoms with Gasteiger partial charge in [-0.25, -0.2) is 18.6 Å². The molecule has 3 rings (SSSR count). The molecule has 1 aromatic rings. The van der Waals surface area contributed by atoms with Crippen LogP contribution in [0, 0.1) is 17.6 Å². The van der Waals surface area contributed by atoms with Gasteiger partial charge in [0.2, 0.25) is 11.8 Å². The highest BCUT2D eigenvalue weighted by Gasteiger charge is 2.34. The highest BCUT2D eigenvalue weighted by molar-refractivity contribution is 5.90. The lowest BCUT2D eigenvalue weighted by molar-refractivity contribution is -0.180. The molecule has 2 saturated heterocycles. The number of benzene rings is 1. The highest BCUT2D eigenvalue weighted by Crippen LogP contribution is 2.31. The molecule has 3 amide bonds. The van der Waals surface area contributed by atoms with Crippen LogP contribution in [0.25, 0.3) is 0 Å². The van der Waals surface area contributed by atoms with Gasteiger partial charge >= 0.3 is 6.09 Å². The van der Waals surface area contributed by atoms with Crippen molar-refractivity contribution in [2.75, 3.05) is 62.7 Å². The van der Waals surface area contributed by atoms with E-state index in [0.717, 1.165) is 30.1 Å². The van der Waals surface area contributed by atoms with Crippen molar-refractivity contribution in [2.24, 2.45) is 5.92 Å². The molecule has 1 atom stereocenters. The zero-order valence-electron chi connectivity index (χ0n) is 20.3. The molecule has 2 heterocycles. The second-order valence-electron chi connectivity index (χ2n) is 8.54. The molecule has 10 nitrogen and oxygen atoms in total. The quantitative estimate of drug-likeness (QED) is 0.474. The summed E-state index contributed by atoms with van der Waals surface area (Å²) in [6, 6.07) is 2.16. The minimum Gasteiger partial charge on any atom is -0.442 e. The van der Waals surface area contributed by atoms with Gasteiger partial charge in [0.25, 0.3) is 0 Å². The van der Waals surface area contributed by atoms with Crippen molar-refractivity contribution in [3.05, 3.63) is 23.8 Å². The molecule has 12 heteroatoms. The number of halogens is 2. The van der Waals surface area contributed by atoms with E-state index in [1.165, 1.54) is 24.0 Å². The number of rotatable bonds is 10. The van der Waals surface area contributed by atoms with Crippen LogP contribution in [0.15, 0.2) is 12.1 Å². The molecule has 0 unspecified atom stereocenters. The van der Waals surface area contributed by atoms with E-state index >= 15 is 8.78 Å². The Bertz CT molecular complexity index is 905. The van der Waals surface area contributed by atoms with E-state index in [2.05, 4.69) is 10.6 Å². The van der Waals surface area contributed by atoms with Crippen LogP contribution in [0.4, 0.5) is 25.0 Å². The molecule has 0 aliphatic carbocycles. The Morgan fingerprint density at radius 3 is 2.46 bits per heavy atom. The third-order valence-electron chi connectivity index (χ3n) is 6.19. The minimum atomic E-state index is -0.839. The first-order valence-corrected chi connectivity index (χ1v) is 11.8. The number of carbonyl (C=O) groups is 3. The molecule has 0 bridgehead atoms. The van der Waals surface area contributed by atoms with Crippen molar-refractivity contribution in [3.63, 3.8) is 0 Å². The lowest BCUT2D eigenvalue weighted by Gasteiger charge is -2.31. The number of nitrogens with zero attached hydrogens (tertiary/aromatic N) is 3. The van der Waals surface area contributed by atoms with E-state index in [4.69, 9.17) is 9.57 Å². The maximum atomic E-state index is 15.1. The Labute approximate surface area is 203 Å². The van der Waals surface area contributed by atoms with Crippen LogP contribution >= 0.6 is 0 Å². The van der Waals surface area contributed by atoms with Crippen molar-refractivity contribution in [1.29, 1.82) is 0 Å². The first-order chi connectivity index (χ1) is 16.7. The molecular formula is C23H33F2N5O5. The van der Waals surface area contributed by atoms with Gasteiger partial charge < -0.3 is 20.3 Å². The van der Waals surface area contributed by atoms with Crippen molar-refractivity contribution in [3.8, 4) is 0 Å². The zero-order valence-corrected chi connectivity index (χ0v) is 20.3. The Balaban J connectivity index is 1.68. The van der Waals surface area contributed by atoms with Crippen molar-refractivity contribution in [2.45, 2.75) is 32.8 Å². The summed E-state index contributed by atoms with van der Waals surface area (Å²) in [5, 5.41) is 7.01. The lowest BCUT2D eigenvalue weighted by Crippen LogP contribution is -2.44. The molecule has 194 valence electrons. The van der Waals surface area contributed by atoms with Crippen molar-refractivity contribution in [1.82, 2.24) is 15.7 Å². The van der Waals surface area contributed by atoms with Gasteiger partial charge in [-0.2, -0.15) is 0 Å². The fraction of sp³-hybridized carbons (Fsp3) is 0.609. The minimum absolute atomic E-state index is 0.0229. The number of cyclic esters (lactones) is 1. The van der Waals surface area contributed by atoms with Gasteiger partial charge in [-0.05, 0) is 32.9 Å². The fourth-order valence-corrected chi connectivity index (χ4v) is 4.31. The average molecular weight is 498 g/mol. The van der Waals surface area contributed by atoms with Crippen LogP contribution in [0.1, 0.15) is 26.7 Å². The van der Waals surface area contributed by atoms with E-state index in [0.29, 0.717) is 12.8 Å².